The lowest BCUT2D eigenvalue weighted by atomic mass is 10.2. The SMILES string of the molecule is N#Cc1cccc(NCCCNCCc2csc(CC(=O)O)c2)c1O.c1ccccc1. The van der Waals surface area contributed by atoms with E-state index in [0.717, 1.165) is 36.4 Å². The van der Waals surface area contributed by atoms with E-state index in [-0.39, 0.29) is 17.7 Å². The van der Waals surface area contributed by atoms with E-state index in [4.69, 9.17) is 10.4 Å². The van der Waals surface area contributed by atoms with Gasteiger partial charge in [-0.05, 0) is 55.1 Å². The zero-order valence-corrected chi connectivity index (χ0v) is 18.1. The number of nitrogens with one attached hydrogen (secondary N) is 2. The molecule has 4 N–H and O–H groups in total. The van der Waals surface area contributed by atoms with E-state index in [1.54, 1.807) is 18.2 Å². The molecule has 0 spiro atoms. The van der Waals surface area contributed by atoms with Crippen molar-refractivity contribution >= 4 is 23.0 Å². The van der Waals surface area contributed by atoms with E-state index in [0.29, 0.717) is 12.2 Å². The average Bonchev–Trinajstić information content (AvgIpc) is 3.22. The fraction of sp³-hybridized carbons (Fsp3) is 0.250. The fourth-order valence-corrected chi connectivity index (χ4v) is 3.67. The van der Waals surface area contributed by atoms with Crippen molar-refractivity contribution in [3.8, 4) is 11.8 Å². The number of carboxylic acids is 1. The first-order chi connectivity index (χ1) is 15.1. The molecule has 6 nitrogen and oxygen atoms in total. The lowest BCUT2D eigenvalue weighted by Crippen LogP contribution is -2.20. The van der Waals surface area contributed by atoms with E-state index in [9.17, 15) is 9.90 Å². The highest BCUT2D eigenvalue weighted by molar-refractivity contribution is 7.10. The summed E-state index contributed by atoms with van der Waals surface area (Å²) in [6, 6.07) is 21.0. The lowest BCUT2D eigenvalue weighted by Gasteiger charge is -2.09. The summed E-state index contributed by atoms with van der Waals surface area (Å²) in [7, 11) is 0. The van der Waals surface area contributed by atoms with Crippen LogP contribution in [0, 0.1) is 11.3 Å². The highest BCUT2D eigenvalue weighted by Crippen LogP contribution is 2.26. The smallest absolute Gasteiger partial charge is 0.308 e. The fourth-order valence-electron chi connectivity index (χ4n) is 2.75. The summed E-state index contributed by atoms with van der Waals surface area (Å²) >= 11 is 1.49. The summed E-state index contributed by atoms with van der Waals surface area (Å²) in [5.41, 5.74) is 1.99. The van der Waals surface area contributed by atoms with Gasteiger partial charge in [0.05, 0.1) is 17.7 Å². The third-order valence-electron chi connectivity index (χ3n) is 4.29. The minimum atomic E-state index is -0.801. The molecule has 0 aliphatic heterocycles. The van der Waals surface area contributed by atoms with Gasteiger partial charge in [0.25, 0.3) is 0 Å². The Kier molecular flexibility index (Phi) is 10.7. The third kappa shape index (κ3) is 9.34. The molecule has 0 amide bonds. The van der Waals surface area contributed by atoms with Gasteiger partial charge in [0.2, 0.25) is 0 Å². The first-order valence-electron chi connectivity index (χ1n) is 10.0. The van der Waals surface area contributed by atoms with Crippen LogP contribution < -0.4 is 10.6 Å². The topological polar surface area (TPSA) is 105 Å². The van der Waals surface area contributed by atoms with Crippen molar-refractivity contribution in [3.05, 3.63) is 82.0 Å². The molecular weight excluding hydrogens is 410 g/mol. The number of aromatic hydroxyl groups is 1. The molecule has 0 aliphatic carbocycles. The normalized spacial score (nSPS) is 9.90. The third-order valence-corrected chi connectivity index (χ3v) is 5.28. The highest BCUT2D eigenvalue weighted by atomic mass is 32.1. The van der Waals surface area contributed by atoms with Crippen molar-refractivity contribution in [2.45, 2.75) is 19.3 Å². The number of nitriles is 1. The van der Waals surface area contributed by atoms with Crippen molar-refractivity contribution in [2.24, 2.45) is 0 Å². The van der Waals surface area contributed by atoms with Gasteiger partial charge in [-0.25, -0.2) is 0 Å². The molecule has 0 aliphatic rings. The number of nitrogens with zero attached hydrogens (tertiary/aromatic N) is 1. The largest absolute Gasteiger partial charge is 0.504 e. The number of thiophene rings is 1. The van der Waals surface area contributed by atoms with Gasteiger partial charge in [0.15, 0.2) is 5.75 Å². The maximum Gasteiger partial charge on any atom is 0.308 e. The monoisotopic (exact) mass is 437 g/mol. The van der Waals surface area contributed by atoms with Crippen LogP contribution in [0.25, 0.3) is 0 Å². The van der Waals surface area contributed by atoms with Crippen LogP contribution in [-0.4, -0.2) is 35.8 Å². The number of hydrogen-bond acceptors (Lipinski definition) is 6. The van der Waals surface area contributed by atoms with Crippen molar-refractivity contribution in [3.63, 3.8) is 0 Å². The van der Waals surface area contributed by atoms with Crippen LogP contribution in [0.1, 0.15) is 22.4 Å². The molecule has 0 unspecified atom stereocenters. The van der Waals surface area contributed by atoms with Crippen LogP contribution in [0.3, 0.4) is 0 Å². The second-order valence-corrected chi connectivity index (χ2v) is 7.74. The highest BCUT2D eigenvalue weighted by Gasteiger charge is 2.06. The number of aliphatic carboxylic acids is 1. The van der Waals surface area contributed by atoms with Crippen LogP contribution in [-0.2, 0) is 17.6 Å². The molecule has 1 aromatic heterocycles. The summed E-state index contributed by atoms with van der Waals surface area (Å²) in [6.07, 6.45) is 1.84. The average molecular weight is 438 g/mol. The quantitative estimate of drug-likeness (QED) is 0.279. The lowest BCUT2D eigenvalue weighted by molar-refractivity contribution is -0.136. The molecule has 0 radical (unpaired) electrons. The molecule has 162 valence electrons. The van der Waals surface area contributed by atoms with Crippen molar-refractivity contribution in [1.29, 1.82) is 5.26 Å². The maximum atomic E-state index is 10.7. The predicted molar refractivity (Wildman–Crippen MR) is 125 cm³/mol. The van der Waals surface area contributed by atoms with E-state index in [2.05, 4.69) is 10.6 Å². The van der Waals surface area contributed by atoms with Gasteiger partial charge in [-0.15, -0.1) is 11.3 Å². The molecule has 0 saturated heterocycles. The molecule has 0 fully saturated rings. The number of hydrogen-bond donors (Lipinski definition) is 4. The number of carbonyl (C=O) groups is 1. The zero-order chi connectivity index (χ0) is 22.3. The standard InChI is InChI=1S/C18H21N3O3S.C6H6/c19-11-14-3-1-4-16(18(14)24)21-7-2-6-20-8-5-13-9-15(25-12-13)10-17(22)23;1-2-4-6-5-3-1/h1,3-4,9,12,20-21,24H,2,5-8,10H2,(H,22,23);1-6H. The Morgan fingerprint density at radius 1 is 1.03 bits per heavy atom. The molecule has 7 heteroatoms. The van der Waals surface area contributed by atoms with Crippen LogP contribution in [0.5, 0.6) is 5.75 Å². The molecule has 3 aromatic rings. The first-order valence-corrected chi connectivity index (χ1v) is 10.9. The molecule has 0 saturated carbocycles. The van der Waals surface area contributed by atoms with Crippen LogP contribution >= 0.6 is 11.3 Å². The number of benzene rings is 2. The Bertz CT molecular complexity index is 941. The van der Waals surface area contributed by atoms with Crippen molar-refractivity contribution in [1.82, 2.24) is 5.32 Å². The summed E-state index contributed by atoms with van der Waals surface area (Å²) in [5.74, 6) is -0.807. The van der Waals surface area contributed by atoms with Gasteiger partial charge >= 0.3 is 5.97 Å². The maximum absolute atomic E-state index is 10.7. The number of rotatable bonds is 10. The van der Waals surface area contributed by atoms with Gasteiger partial charge < -0.3 is 20.8 Å². The van der Waals surface area contributed by atoms with Gasteiger partial charge in [-0.1, -0.05) is 42.5 Å². The summed E-state index contributed by atoms with van der Waals surface area (Å²) < 4.78 is 0. The molecule has 31 heavy (non-hydrogen) atoms. The molecule has 2 aromatic carbocycles. The Hall–Kier alpha value is -3.34. The number of anilines is 1. The van der Waals surface area contributed by atoms with Crippen molar-refractivity contribution in [2.75, 3.05) is 25.0 Å². The number of carboxylic acid groups (broad SMARTS) is 1. The first kappa shape index (κ1) is 23.9. The minimum Gasteiger partial charge on any atom is -0.504 e. The predicted octanol–water partition coefficient (Wildman–Crippen LogP) is 4.27. The Morgan fingerprint density at radius 3 is 2.39 bits per heavy atom. The van der Waals surface area contributed by atoms with Gasteiger partial charge in [0, 0.05) is 11.4 Å². The van der Waals surface area contributed by atoms with Crippen LogP contribution in [0.2, 0.25) is 0 Å². The van der Waals surface area contributed by atoms with Crippen LogP contribution in [0.15, 0.2) is 66.0 Å². The summed E-state index contributed by atoms with van der Waals surface area (Å²) in [6.45, 7) is 2.35. The van der Waals surface area contributed by atoms with Gasteiger partial charge in [-0.2, -0.15) is 5.26 Å². The molecule has 0 bridgehead atoms. The Morgan fingerprint density at radius 2 is 1.74 bits per heavy atom. The summed E-state index contributed by atoms with van der Waals surface area (Å²) in [4.78, 5) is 11.5. The number of phenolic OH excluding ortho intramolecular Hbond substituents is 1. The Balaban J connectivity index is 0.000000488. The Labute approximate surface area is 186 Å². The molecular formula is C24H27N3O3S. The molecule has 1 heterocycles. The summed E-state index contributed by atoms with van der Waals surface area (Å²) in [5, 5.41) is 36.0. The van der Waals surface area contributed by atoms with E-state index in [1.807, 2.05) is 53.9 Å². The second kappa shape index (κ2) is 13.8. The van der Waals surface area contributed by atoms with E-state index >= 15 is 0 Å². The van der Waals surface area contributed by atoms with Gasteiger partial charge in [-0.3, -0.25) is 4.79 Å². The zero-order valence-electron chi connectivity index (χ0n) is 17.3. The van der Waals surface area contributed by atoms with Crippen LogP contribution in [0.4, 0.5) is 5.69 Å². The van der Waals surface area contributed by atoms with E-state index < -0.39 is 5.97 Å². The number of phenols is 1. The second-order valence-electron chi connectivity index (χ2n) is 6.74. The van der Waals surface area contributed by atoms with E-state index in [1.165, 1.54) is 11.3 Å². The molecule has 3 rings (SSSR count). The minimum absolute atomic E-state index is 0.00687. The molecule has 0 atom stereocenters. The number of para-hydroxylation sites is 1. The van der Waals surface area contributed by atoms with Gasteiger partial charge in [0.1, 0.15) is 6.07 Å². The van der Waals surface area contributed by atoms with Crippen molar-refractivity contribution < 1.29 is 15.0 Å².